The molecule has 0 bridgehead atoms. The van der Waals surface area contributed by atoms with Crippen LogP contribution in [0.2, 0.25) is 23.2 Å². The summed E-state index contributed by atoms with van der Waals surface area (Å²) in [7, 11) is -5.14. The predicted octanol–water partition coefficient (Wildman–Crippen LogP) is 5.21. The monoisotopic (exact) mass is 489 g/mol. The summed E-state index contributed by atoms with van der Waals surface area (Å²) in [6, 6.07) is 8.58. The third kappa shape index (κ3) is 5.88. The van der Waals surface area contributed by atoms with Crippen molar-refractivity contribution in [3.8, 4) is 0 Å². The fraction of sp³-hybridized carbons (Fsp3) is 0.600. The maximum absolute atomic E-state index is 11.5. The van der Waals surface area contributed by atoms with E-state index in [1.165, 1.54) is 0 Å². The number of hydrogen-bond acceptors (Lipinski definition) is 3. The number of benzene rings is 1. The molecule has 8 heteroatoms. The van der Waals surface area contributed by atoms with Gasteiger partial charge < -0.3 is 4.43 Å². The molecule has 0 amide bonds. The molecule has 0 aromatic heterocycles. The molecule has 0 saturated carbocycles. The van der Waals surface area contributed by atoms with Crippen LogP contribution in [0, 0.1) is 0 Å². The van der Waals surface area contributed by atoms with E-state index >= 15 is 0 Å². The minimum absolute atomic E-state index is 0.115. The summed E-state index contributed by atoms with van der Waals surface area (Å²) < 4.78 is 32.7. The Morgan fingerprint density at radius 3 is 2.26 bits per heavy atom. The van der Waals surface area contributed by atoms with Gasteiger partial charge >= 0.3 is 0 Å². The van der Waals surface area contributed by atoms with Gasteiger partial charge in [-0.25, -0.2) is 8.42 Å². The van der Waals surface area contributed by atoms with Crippen molar-refractivity contribution in [2.75, 3.05) is 15.4 Å². The number of halogens is 2. The number of nitrogens with one attached hydrogen (secondary N) is 1. The minimum atomic E-state index is -3.37. The summed E-state index contributed by atoms with van der Waals surface area (Å²) in [5, 5.41) is 0.422. The largest absolute Gasteiger partial charge is 0.409 e. The zero-order valence-electron chi connectivity index (χ0n) is 14.0. The van der Waals surface area contributed by atoms with Gasteiger partial charge in [0.25, 0.3) is 0 Å². The smallest absolute Gasteiger partial charge is 0.229 e. The van der Waals surface area contributed by atoms with Crippen molar-refractivity contribution >= 4 is 58.2 Å². The van der Waals surface area contributed by atoms with Crippen molar-refractivity contribution in [2.24, 2.45) is 0 Å². The average Bonchev–Trinajstić information content (AvgIpc) is 2.51. The zero-order valence-corrected chi connectivity index (χ0v) is 18.8. The molecular formula is C15H25ClINO3SSi. The first-order valence-electron chi connectivity index (χ1n) is 7.71. The second-order valence-corrected chi connectivity index (χ2v) is 13.3. The Bertz CT molecular complexity index is 615. The van der Waals surface area contributed by atoms with Crippen LogP contribution in [0.1, 0.15) is 32.4 Å². The lowest BCUT2D eigenvalue weighted by atomic mass is 10.1. The number of rotatable bonds is 9. The molecule has 0 spiro atoms. The van der Waals surface area contributed by atoms with Crippen molar-refractivity contribution in [2.45, 2.75) is 45.0 Å². The van der Waals surface area contributed by atoms with Crippen molar-refractivity contribution in [1.29, 1.82) is 0 Å². The first kappa shape index (κ1) is 21.2. The molecule has 0 saturated heterocycles. The highest BCUT2D eigenvalue weighted by atomic mass is 127. The summed E-state index contributed by atoms with van der Waals surface area (Å²) in [5.74, 6) is 0. The molecule has 23 heavy (non-hydrogen) atoms. The van der Waals surface area contributed by atoms with Gasteiger partial charge in [-0.3, -0.25) is 4.72 Å². The molecular weight excluding hydrogens is 465 g/mol. The Balaban J connectivity index is 3.19. The molecule has 4 nitrogen and oxygen atoms in total. The predicted molar refractivity (Wildman–Crippen MR) is 110 cm³/mol. The van der Waals surface area contributed by atoms with Gasteiger partial charge in [-0.1, -0.05) is 67.1 Å². The van der Waals surface area contributed by atoms with E-state index in [0.717, 1.165) is 34.4 Å². The summed E-state index contributed by atoms with van der Waals surface area (Å²) in [4.78, 5) is 0. The maximum Gasteiger partial charge on any atom is 0.229 e. The second-order valence-electron chi connectivity index (χ2n) is 5.59. The molecule has 0 aliphatic carbocycles. The van der Waals surface area contributed by atoms with Crippen LogP contribution in [-0.4, -0.2) is 27.4 Å². The molecule has 1 aromatic rings. The fourth-order valence-corrected chi connectivity index (χ4v) is 7.28. The van der Waals surface area contributed by atoms with Crippen LogP contribution >= 0.6 is 34.2 Å². The fourth-order valence-electron chi connectivity index (χ4n) is 2.56. The van der Waals surface area contributed by atoms with E-state index in [1.807, 2.05) is 12.1 Å². The Kier molecular flexibility index (Phi) is 8.33. The molecule has 1 rings (SSSR count). The molecule has 1 aromatic carbocycles. The van der Waals surface area contributed by atoms with Gasteiger partial charge in [0.15, 0.2) is 8.32 Å². The SMILES string of the molecule is CC[Si](CC)(CC)O[C@@H](CI)c1cccc(NS(C)(=O)=O)c1Cl. The van der Waals surface area contributed by atoms with Crippen molar-refractivity contribution in [1.82, 2.24) is 0 Å². The van der Waals surface area contributed by atoms with E-state index in [2.05, 4.69) is 48.1 Å². The van der Waals surface area contributed by atoms with Crippen LogP contribution in [-0.2, 0) is 14.4 Å². The lowest BCUT2D eigenvalue weighted by Crippen LogP contribution is -2.37. The van der Waals surface area contributed by atoms with Gasteiger partial charge in [-0.2, -0.15) is 0 Å². The molecule has 0 aliphatic rings. The van der Waals surface area contributed by atoms with Crippen LogP contribution in [0.15, 0.2) is 18.2 Å². The first-order valence-corrected chi connectivity index (χ1v) is 14.0. The molecule has 0 aliphatic heterocycles. The van der Waals surface area contributed by atoms with Crippen molar-refractivity contribution in [3.05, 3.63) is 28.8 Å². The quantitative estimate of drug-likeness (QED) is 0.294. The van der Waals surface area contributed by atoms with E-state index in [0.29, 0.717) is 10.7 Å². The Morgan fingerprint density at radius 1 is 1.26 bits per heavy atom. The van der Waals surface area contributed by atoms with E-state index < -0.39 is 18.3 Å². The average molecular weight is 490 g/mol. The number of alkyl halides is 1. The molecule has 1 atom stereocenters. The van der Waals surface area contributed by atoms with Crippen LogP contribution < -0.4 is 4.72 Å². The van der Waals surface area contributed by atoms with Crippen LogP contribution in [0.25, 0.3) is 0 Å². The molecule has 132 valence electrons. The lowest BCUT2D eigenvalue weighted by Gasteiger charge is -2.33. The third-order valence-corrected chi connectivity index (χ3v) is 10.6. The first-order chi connectivity index (χ1) is 10.7. The van der Waals surface area contributed by atoms with Crippen LogP contribution in [0.5, 0.6) is 0 Å². The number of sulfonamides is 1. The van der Waals surface area contributed by atoms with Crippen LogP contribution in [0.3, 0.4) is 0 Å². The van der Waals surface area contributed by atoms with E-state index in [-0.39, 0.29) is 6.10 Å². The Morgan fingerprint density at radius 2 is 1.83 bits per heavy atom. The van der Waals surface area contributed by atoms with Gasteiger partial charge in [0.2, 0.25) is 10.0 Å². The summed E-state index contributed by atoms with van der Waals surface area (Å²) in [6.45, 7) is 6.56. The minimum Gasteiger partial charge on any atom is -0.409 e. The molecule has 0 unspecified atom stereocenters. The number of anilines is 1. The maximum atomic E-state index is 11.5. The second kappa shape index (κ2) is 9.03. The van der Waals surface area contributed by atoms with Crippen molar-refractivity contribution in [3.63, 3.8) is 0 Å². The molecule has 1 N–H and O–H groups in total. The lowest BCUT2D eigenvalue weighted by molar-refractivity contribution is 0.218. The molecule has 0 heterocycles. The standard InChI is InChI=1S/C15H25ClINO3SSi/c1-5-23(6-2,7-3)21-14(11-17)12-9-8-10-13(15(12)16)18-22(4,19)20/h8-10,14,18H,5-7,11H2,1-4H3/t14-/m0/s1. The molecule has 0 fully saturated rings. The highest BCUT2D eigenvalue weighted by Crippen LogP contribution is 2.37. The number of hydrogen-bond donors (Lipinski definition) is 1. The highest BCUT2D eigenvalue weighted by Gasteiger charge is 2.33. The summed E-state index contributed by atoms with van der Waals surface area (Å²) in [5.41, 5.74) is 1.25. The van der Waals surface area contributed by atoms with Gasteiger partial charge in [0.05, 0.1) is 23.1 Å². The molecule has 0 radical (unpaired) electrons. The summed E-state index contributed by atoms with van der Waals surface area (Å²) in [6.07, 6.45) is 1.00. The zero-order chi connectivity index (χ0) is 17.7. The van der Waals surface area contributed by atoms with Gasteiger partial charge in [-0.15, -0.1) is 0 Å². The normalized spacial score (nSPS) is 13.8. The van der Waals surface area contributed by atoms with E-state index in [1.54, 1.807) is 6.07 Å². The van der Waals surface area contributed by atoms with Gasteiger partial charge in [0, 0.05) is 9.99 Å². The van der Waals surface area contributed by atoms with Gasteiger partial charge in [-0.05, 0) is 24.2 Å². The van der Waals surface area contributed by atoms with E-state index in [4.69, 9.17) is 16.0 Å². The van der Waals surface area contributed by atoms with Gasteiger partial charge in [0.1, 0.15) is 0 Å². The third-order valence-electron chi connectivity index (χ3n) is 4.14. The van der Waals surface area contributed by atoms with Crippen LogP contribution in [0.4, 0.5) is 5.69 Å². The summed E-state index contributed by atoms with van der Waals surface area (Å²) >= 11 is 8.75. The highest BCUT2D eigenvalue weighted by molar-refractivity contribution is 14.1. The van der Waals surface area contributed by atoms with Crippen molar-refractivity contribution < 1.29 is 12.8 Å². The Hall–Kier alpha value is 0.167. The topological polar surface area (TPSA) is 55.4 Å². The Labute approximate surface area is 159 Å². The van der Waals surface area contributed by atoms with E-state index in [9.17, 15) is 8.42 Å².